The fraction of sp³-hybridized carbons (Fsp3) is 0.208. The van der Waals surface area contributed by atoms with Crippen LogP contribution in [0.4, 0.5) is 0 Å². The zero-order chi connectivity index (χ0) is 20.5. The van der Waals surface area contributed by atoms with Gasteiger partial charge in [-0.2, -0.15) is 5.26 Å². The maximum absolute atomic E-state index is 13.4. The number of rotatable bonds is 1. The van der Waals surface area contributed by atoms with Crippen LogP contribution in [0.5, 0.6) is 0 Å². The molecule has 0 radical (unpaired) electrons. The number of ketones is 1. The van der Waals surface area contributed by atoms with Crippen LogP contribution in [0.3, 0.4) is 0 Å². The molecule has 0 aliphatic heterocycles. The Balaban J connectivity index is 2.02. The quantitative estimate of drug-likeness (QED) is 0.387. The van der Waals surface area contributed by atoms with Gasteiger partial charge in [-0.1, -0.05) is 24.3 Å². The molecule has 0 amide bonds. The number of furan rings is 1. The molecule has 0 unspecified atom stereocenters. The van der Waals surface area contributed by atoms with Crippen LogP contribution in [0.15, 0.2) is 47.0 Å². The van der Waals surface area contributed by atoms with Gasteiger partial charge in [0.1, 0.15) is 23.2 Å². The fourth-order valence-electron chi connectivity index (χ4n) is 4.11. The van der Waals surface area contributed by atoms with Gasteiger partial charge in [-0.3, -0.25) is 4.79 Å². The first-order chi connectivity index (χ1) is 13.8. The van der Waals surface area contributed by atoms with Crippen LogP contribution in [0, 0.1) is 18.3 Å². The van der Waals surface area contributed by atoms with E-state index in [1.807, 2.05) is 54.1 Å². The van der Waals surface area contributed by atoms with Crippen molar-refractivity contribution in [2.24, 2.45) is 0 Å². The monoisotopic (exact) mass is 381 g/mol. The number of aromatic nitrogens is 2. The van der Waals surface area contributed by atoms with Crippen molar-refractivity contribution in [1.82, 2.24) is 9.55 Å². The molecule has 0 N–H and O–H groups in total. The maximum atomic E-state index is 13.4. The summed E-state index contributed by atoms with van der Waals surface area (Å²) in [5.41, 5.74) is 4.14. The van der Waals surface area contributed by atoms with E-state index in [1.165, 1.54) is 0 Å². The molecule has 1 aliphatic carbocycles. The molecule has 1 aliphatic rings. The average molecular weight is 381 g/mol. The molecule has 142 valence electrons. The van der Waals surface area contributed by atoms with Gasteiger partial charge in [0.25, 0.3) is 0 Å². The van der Waals surface area contributed by atoms with E-state index in [2.05, 4.69) is 26.8 Å². The predicted octanol–water partition coefficient (Wildman–Crippen LogP) is 5.44. The average Bonchev–Trinajstić information content (AvgIpc) is 3.35. The largest absolute Gasteiger partial charge is 0.461 e. The van der Waals surface area contributed by atoms with Crippen molar-refractivity contribution in [2.75, 3.05) is 0 Å². The summed E-state index contributed by atoms with van der Waals surface area (Å²) >= 11 is 0. The van der Waals surface area contributed by atoms with Gasteiger partial charge in [-0.15, -0.1) is 0 Å². The zero-order valence-corrected chi connectivity index (χ0v) is 16.7. The summed E-state index contributed by atoms with van der Waals surface area (Å²) < 4.78 is 7.95. The first kappa shape index (κ1) is 17.4. The van der Waals surface area contributed by atoms with Crippen molar-refractivity contribution in [3.63, 3.8) is 0 Å². The highest BCUT2D eigenvalue weighted by molar-refractivity contribution is 6.26. The predicted molar refractivity (Wildman–Crippen MR) is 111 cm³/mol. The SMILES string of the molecule is Cc1ccc(-c2c3c(nc4c2c(C#N)cn4C(C)(C)C)-c2ccccc2C3=O)o1. The van der Waals surface area contributed by atoms with Crippen LogP contribution in [0.1, 0.15) is 48.0 Å². The molecule has 5 rings (SSSR count). The highest BCUT2D eigenvalue weighted by Crippen LogP contribution is 2.45. The number of carbonyl (C=O) groups is 1. The van der Waals surface area contributed by atoms with Crippen molar-refractivity contribution in [3.8, 4) is 28.7 Å². The molecular formula is C24H19N3O2. The van der Waals surface area contributed by atoms with E-state index in [9.17, 15) is 10.1 Å². The molecule has 0 saturated carbocycles. The Morgan fingerprint density at radius 2 is 1.79 bits per heavy atom. The molecule has 4 aromatic rings. The Hall–Kier alpha value is -3.65. The summed E-state index contributed by atoms with van der Waals surface area (Å²) in [6.07, 6.45) is 1.82. The van der Waals surface area contributed by atoms with Gasteiger partial charge in [0.05, 0.1) is 16.8 Å². The molecule has 5 nitrogen and oxygen atoms in total. The van der Waals surface area contributed by atoms with Gasteiger partial charge in [-0.25, -0.2) is 4.98 Å². The van der Waals surface area contributed by atoms with E-state index in [-0.39, 0.29) is 11.3 Å². The van der Waals surface area contributed by atoms with Crippen molar-refractivity contribution in [3.05, 3.63) is 65.0 Å². The minimum atomic E-state index is -0.285. The number of carbonyl (C=O) groups excluding carboxylic acids is 1. The molecule has 0 spiro atoms. The number of nitrogens with zero attached hydrogens (tertiary/aromatic N) is 3. The maximum Gasteiger partial charge on any atom is 0.196 e. The second-order valence-corrected chi connectivity index (χ2v) is 8.39. The molecule has 0 bridgehead atoms. The molecule has 3 heterocycles. The van der Waals surface area contributed by atoms with Crippen LogP contribution in [0.2, 0.25) is 0 Å². The number of nitriles is 1. The summed E-state index contributed by atoms with van der Waals surface area (Å²) in [6, 6.07) is 13.5. The molecule has 0 atom stereocenters. The number of hydrogen-bond donors (Lipinski definition) is 0. The van der Waals surface area contributed by atoms with Gasteiger partial charge in [-0.05, 0) is 39.8 Å². The molecule has 29 heavy (non-hydrogen) atoms. The van der Waals surface area contributed by atoms with Gasteiger partial charge in [0, 0.05) is 33.8 Å². The van der Waals surface area contributed by atoms with Crippen molar-refractivity contribution in [1.29, 1.82) is 5.26 Å². The van der Waals surface area contributed by atoms with Gasteiger partial charge < -0.3 is 8.98 Å². The van der Waals surface area contributed by atoms with E-state index < -0.39 is 0 Å². The Bertz CT molecular complexity index is 1370. The third kappa shape index (κ3) is 2.32. The smallest absolute Gasteiger partial charge is 0.196 e. The lowest BCUT2D eigenvalue weighted by Crippen LogP contribution is -2.21. The Morgan fingerprint density at radius 3 is 2.41 bits per heavy atom. The molecule has 0 fully saturated rings. The highest BCUT2D eigenvalue weighted by atomic mass is 16.3. The lowest BCUT2D eigenvalue weighted by Gasteiger charge is -2.22. The molecular weight excluding hydrogens is 362 g/mol. The normalized spacial score (nSPS) is 12.9. The van der Waals surface area contributed by atoms with E-state index in [0.717, 1.165) is 11.3 Å². The standard InChI is InChI=1S/C24H19N3O2/c1-13-9-10-17(29-13)19-18-14(11-25)12-27(24(2,3)4)23(18)26-21-15-7-5-6-8-16(15)22(28)20(19)21/h5-10,12H,1-4H3. The number of pyridine rings is 1. The van der Waals surface area contributed by atoms with Crippen LogP contribution in [-0.2, 0) is 5.54 Å². The van der Waals surface area contributed by atoms with Crippen molar-refractivity contribution < 1.29 is 9.21 Å². The Kier molecular flexibility index (Phi) is 3.42. The van der Waals surface area contributed by atoms with Crippen molar-refractivity contribution >= 4 is 16.8 Å². The molecule has 1 aromatic carbocycles. The summed E-state index contributed by atoms with van der Waals surface area (Å²) in [7, 11) is 0. The number of benzene rings is 1. The number of hydrogen-bond acceptors (Lipinski definition) is 4. The molecule has 0 saturated heterocycles. The van der Waals surface area contributed by atoms with E-state index in [4.69, 9.17) is 9.40 Å². The van der Waals surface area contributed by atoms with Crippen LogP contribution in [-0.4, -0.2) is 15.3 Å². The Labute approximate surface area is 168 Å². The molecule has 3 aromatic heterocycles. The van der Waals surface area contributed by atoms with Crippen LogP contribution < -0.4 is 0 Å². The lowest BCUT2D eigenvalue weighted by molar-refractivity contribution is 0.104. The third-order valence-corrected chi connectivity index (χ3v) is 5.42. The van der Waals surface area contributed by atoms with Crippen LogP contribution in [0.25, 0.3) is 33.6 Å². The van der Waals surface area contributed by atoms with E-state index in [0.29, 0.717) is 44.7 Å². The summed E-state index contributed by atoms with van der Waals surface area (Å²) in [4.78, 5) is 18.3. The number of fused-ring (bicyclic) bond motifs is 4. The zero-order valence-electron chi connectivity index (χ0n) is 16.7. The summed E-state index contributed by atoms with van der Waals surface area (Å²) in [5.74, 6) is 1.24. The molecule has 5 heteroatoms. The first-order valence-electron chi connectivity index (χ1n) is 9.52. The van der Waals surface area contributed by atoms with Gasteiger partial charge in [0.15, 0.2) is 5.78 Å². The second-order valence-electron chi connectivity index (χ2n) is 8.39. The number of aryl methyl sites for hydroxylation is 1. The van der Waals surface area contributed by atoms with Crippen LogP contribution >= 0.6 is 0 Å². The summed E-state index contributed by atoms with van der Waals surface area (Å²) in [5, 5.41) is 10.5. The Morgan fingerprint density at radius 1 is 1.07 bits per heavy atom. The second kappa shape index (κ2) is 5.68. The topological polar surface area (TPSA) is 71.8 Å². The van der Waals surface area contributed by atoms with Gasteiger partial charge >= 0.3 is 0 Å². The van der Waals surface area contributed by atoms with Crippen molar-refractivity contribution in [2.45, 2.75) is 33.2 Å². The highest BCUT2D eigenvalue weighted by Gasteiger charge is 2.35. The van der Waals surface area contributed by atoms with Gasteiger partial charge in [0.2, 0.25) is 0 Å². The van der Waals surface area contributed by atoms with E-state index in [1.54, 1.807) is 0 Å². The minimum absolute atomic E-state index is 0.0820. The fourth-order valence-corrected chi connectivity index (χ4v) is 4.11. The third-order valence-electron chi connectivity index (χ3n) is 5.42. The minimum Gasteiger partial charge on any atom is -0.461 e. The lowest BCUT2D eigenvalue weighted by atomic mass is 9.98. The first-order valence-corrected chi connectivity index (χ1v) is 9.52. The summed E-state index contributed by atoms with van der Waals surface area (Å²) in [6.45, 7) is 8.07. The van der Waals surface area contributed by atoms with E-state index >= 15 is 0 Å².